The van der Waals surface area contributed by atoms with Crippen LogP contribution in [0.15, 0.2) is 54.7 Å². The molecule has 2 heterocycles. The van der Waals surface area contributed by atoms with Gasteiger partial charge in [0.15, 0.2) is 11.5 Å². The fourth-order valence-electron chi connectivity index (χ4n) is 4.50. The molecule has 14 heteroatoms. The van der Waals surface area contributed by atoms with Gasteiger partial charge in [-0.3, -0.25) is 9.59 Å². The zero-order valence-corrected chi connectivity index (χ0v) is 20.2. The Hall–Kier alpha value is -4.85. The van der Waals surface area contributed by atoms with E-state index in [1.165, 1.54) is 30.3 Å². The van der Waals surface area contributed by atoms with E-state index in [4.69, 9.17) is 0 Å². The number of fused-ring (bicyclic) bond motifs is 2. The van der Waals surface area contributed by atoms with Gasteiger partial charge < -0.3 is 20.8 Å². The van der Waals surface area contributed by atoms with Crippen molar-refractivity contribution in [2.24, 2.45) is 0 Å². The number of aliphatic hydroxyl groups excluding tert-OH is 1. The van der Waals surface area contributed by atoms with Crippen molar-refractivity contribution in [1.29, 1.82) is 0 Å². The third kappa shape index (κ3) is 5.08. The van der Waals surface area contributed by atoms with E-state index in [0.29, 0.717) is 11.1 Å². The zero-order valence-electron chi connectivity index (χ0n) is 20.2. The summed E-state index contributed by atoms with van der Waals surface area (Å²) in [5.74, 6) is -3.82. The molecule has 40 heavy (non-hydrogen) atoms. The highest BCUT2D eigenvalue weighted by Crippen LogP contribution is 2.33. The Morgan fingerprint density at radius 2 is 1.85 bits per heavy atom. The molecule has 0 bridgehead atoms. The van der Waals surface area contributed by atoms with Gasteiger partial charge >= 0.3 is 12.1 Å². The molecule has 4 aromatic rings. The van der Waals surface area contributed by atoms with Gasteiger partial charge in [-0.15, -0.1) is 0 Å². The van der Waals surface area contributed by atoms with Crippen molar-refractivity contribution in [3.63, 3.8) is 0 Å². The Bertz CT molecular complexity index is 1670. The number of benzene rings is 2. The average molecular weight is 557 g/mol. The molecular weight excluding hydrogens is 538 g/mol. The third-order valence-electron chi connectivity index (χ3n) is 6.43. The number of hydrogen-bond acceptors (Lipinski definition) is 6. The highest BCUT2D eigenvalue weighted by molar-refractivity contribution is 5.98. The number of aromatic nitrogens is 3. The standard InChI is InChI=1S/C26H19F4N5O5/c27-17-11-32-35-19(24(38)34-21-16-5-4-13(25(39)40)7-14(16)8-20(21)36)9-18(33-22(17)35)23(37)31-10-12-2-1-3-15(6-12)26(28,29)30/h1-7,9,11,20-21,36H,8,10H2,(H,31,37)(H,34,38)(H,39,40)/t20-,21-/m1/s1. The summed E-state index contributed by atoms with van der Waals surface area (Å²) in [6.45, 7) is -0.303. The molecule has 0 unspecified atom stereocenters. The number of alkyl halides is 3. The first kappa shape index (κ1) is 26.7. The van der Waals surface area contributed by atoms with Crippen molar-refractivity contribution in [3.05, 3.63) is 99.8 Å². The maximum Gasteiger partial charge on any atom is 0.416 e. The number of halogens is 4. The van der Waals surface area contributed by atoms with Crippen molar-refractivity contribution in [2.45, 2.75) is 31.3 Å². The minimum Gasteiger partial charge on any atom is -0.478 e. The van der Waals surface area contributed by atoms with Gasteiger partial charge in [0.1, 0.15) is 11.4 Å². The van der Waals surface area contributed by atoms with Crippen LogP contribution in [0.5, 0.6) is 0 Å². The first-order chi connectivity index (χ1) is 18.9. The highest BCUT2D eigenvalue weighted by Gasteiger charge is 2.34. The smallest absolute Gasteiger partial charge is 0.416 e. The molecule has 0 fully saturated rings. The number of amides is 2. The summed E-state index contributed by atoms with van der Waals surface area (Å²) in [5, 5.41) is 28.6. The summed E-state index contributed by atoms with van der Waals surface area (Å²) < 4.78 is 54.2. The van der Waals surface area contributed by atoms with Crippen molar-refractivity contribution in [1.82, 2.24) is 25.2 Å². The van der Waals surface area contributed by atoms with E-state index in [1.54, 1.807) is 0 Å². The Kier molecular flexibility index (Phi) is 6.71. The van der Waals surface area contributed by atoms with Gasteiger partial charge in [-0.2, -0.15) is 18.3 Å². The Morgan fingerprint density at radius 1 is 1.07 bits per heavy atom. The molecule has 0 saturated carbocycles. The van der Waals surface area contributed by atoms with Crippen LogP contribution in [0.4, 0.5) is 17.6 Å². The maximum absolute atomic E-state index is 14.4. The maximum atomic E-state index is 14.4. The second-order valence-electron chi connectivity index (χ2n) is 9.08. The van der Waals surface area contributed by atoms with Crippen LogP contribution in [0.1, 0.15) is 59.6 Å². The minimum absolute atomic E-state index is 0.0153. The molecule has 2 aromatic carbocycles. The highest BCUT2D eigenvalue weighted by atomic mass is 19.4. The van der Waals surface area contributed by atoms with Gasteiger partial charge in [0.2, 0.25) is 0 Å². The zero-order chi connectivity index (χ0) is 28.8. The van der Waals surface area contributed by atoms with Gasteiger partial charge in [-0.1, -0.05) is 18.2 Å². The quantitative estimate of drug-likeness (QED) is 0.267. The van der Waals surface area contributed by atoms with E-state index in [1.807, 2.05) is 0 Å². The van der Waals surface area contributed by atoms with Crippen molar-refractivity contribution >= 4 is 23.4 Å². The third-order valence-corrected chi connectivity index (χ3v) is 6.43. The summed E-state index contributed by atoms with van der Waals surface area (Å²) >= 11 is 0. The summed E-state index contributed by atoms with van der Waals surface area (Å²) in [4.78, 5) is 41.3. The van der Waals surface area contributed by atoms with Crippen LogP contribution >= 0.6 is 0 Å². The Labute approximate surface area is 222 Å². The normalized spacial score (nSPS) is 16.5. The van der Waals surface area contributed by atoms with Crippen LogP contribution in [-0.4, -0.2) is 48.7 Å². The van der Waals surface area contributed by atoms with Crippen LogP contribution in [-0.2, 0) is 19.1 Å². The molecule has 206 valence electrons. The number of carbonyl (C=O) groups is 3. The summed E-state index contributed by atoms with van der Waals surface area (Å²) in [5.41, 5.74) is -0.869. The molecule has 10 nitrogen and oxygen atoms in total. The molecule has 5 rings (SSSR count). The molecule has 1 aliphatic rings. The van der Waals surface area contributed by atoms with Gasteiger partial charge in [0, 0.05) is 19.0 Å². The summed E-state index contributed by atoms with van der Waals surface area (Å²) in [7, 11) is 0. The second kappa shape index (κ2) is 10.0. The molecule has 0 spiro atoms. The largest absolute Gasteiger partial charge is 0.478 e. The molecule has 2 aromatic heterocycles. The number of nitrogens with one attached hydrogen (secondary N) is 2. The molecule has 0 radical (unpaired) electrons. The molecule has 0 aliphatic heterocycles. The van der Waals surface area contributed by atoms with Crippen molar-refractivity contribution in [3.8, 4) is 0 Å². The van der Waals surface area contributed by atoms with E-state index in [0.717, 1.165) is 28.9 Å². The fraction of sp³-hybridized carbons (Fsp3) is 0.192. The number of aliphatic hydroxyl groups is 1. The van der Waals surface area contributed by atoms with Gasteiger partial charge in [0.05, 0.1) is 29.5 Å². The van der Waals surface area contributed by atoms with Gasteiger partial charge in [0.25, 0.3) is 11.8 Å². The number of carbonyl (C=O) groups excluding carboxylic acids is 2. The SMILES string of the molecule is O=C(O)c1ccc2c(c1)C[C@@H](O)[C@@H]2NC(=O)c1cc(C(=O)NCc2cccc(C(F)(F)F)c2)nc2c(F)cnn12. The van der Waals surface area contributed by atoms with Crippen molar-refractivity contribution < 1.29 is 42.2 Å². The lowest BCUT2D eigenvalue weighted by Crippen LogP contribution is -2.35. The number of hydrogen-bond donors (Lipinski definition) is 4. The monoisotopic (exact) mass is 557 g/mol. The van der Waals surface area contributed by atoms with E-state index >= 15 is 0 Å². The lowest BCUT2D eigenvalue weighted by Gasteiger charge is -2.18. The number of carboxylic acids is 1. The first-order valence-electron chi connectivity index (χ1n) is 11.8. The summed E-state index contributed by atoms with van der Waals surface area (Å²) in [6.07, 6.45) is -4.80. The van der Waals surface area contributed by atoms with E-state index in [2.05, 4.69) is 20.7 Å². The number of rotatable bonds is 6. The Balaban J connectivity index is 1.40. The van der Waals surface area contributed by atoms with Gasteiger partial charge in [-0.05, 0) is 41.0 Å². The fourth-order valence-corrected chi connectivity index (χ4v) is 4.50. The topological polar surface area (TPSA) is 146 Å². The van der Waals surface area contributed by atoms with E-state index in [-0.39, 0.29) is 29.8 Å². The first-order valence-corrected chi connectivity index (χ1v) is 11.8. The average Bonchev–Trinajstić information content (AvgIpc) is 3.44. The molecule has 2 amide bonds. The number of nitrogens with zero attached hydrogens (tertiary/aromatic N) is 3. The minimum atomic E-state index is -4.57. The second-order valence-corrected chi connectivity index (χ2v) is 9.08. The van der Waals surface area contributed by atoms with Crippen molar-refractivity contribution in [2.75, 3.05) is 0 Å². The predicted molar refractivity (Wildman–Crippen MR) is 129 cm³/mol. The van der Waals surface area contributed by atoms with Crippen LogP contribution in [0.25, 0.3) is 5.65 Å². The summed E-state index contributed by atoms with van der Waals surface area (Å²) in [6, 6.07) is 8.63. The molecular formula is C26H19F4N5O5. The molecule has 4 N–H and O–H groups in total. The number of carboxylic acid groups (broad SMARTS) is 1. The molecule has 2 atom stereocenters. The van der Waals surface area contributed by atoms with E-state index < -0.39 is 58.8 Å². The van der Waals surface area contributed by atoms with Crippen LogP contribution < -0.4 is 10.6 Å². The van der Waals surface area contributed by atoms with Gasteiger partial charge in [-0.25, -0.2) is 18.7 Å². The lowest BCUT2D eigenvalue weighted by molar-refractivity contribution is -0.137. The lowest BCUT2D eigenvalue weighted by atomic mass is 10.0. The molecule has 1 aliphatic carbocycles. The van der Waals surface area contributed by atoms with Crippen LogP contribution in [0.3, 0.4) is 0 Å². The number of aromatic carboxylic acids is 1. The predicted octanol–water partition coefficient (Wildman–Crippen LogP) is 2.90. The van der Waals surface area contributed by atoms with Crippen LogP contribution in [0.2, 0.25) is 0 Å². The van der Waals surface area contributed by atoms with E-state index in [9.17, 15) is 42.2 Å². The Morgan fingerprint density at radius 3 is 2.58 bits per heavy atom. The molecule has 0 saturated heterocycles. The van der Waals surface area contributed by atoms with Crippen LogP contribution in [0, 0.1) is 5.82 Å².